The van der Waals surface area contributed by atoms with Gasteiger partial charge in [-0.05, 0) is 26.4 Å². The molecule has 0 radical (unpaired) electrons. The standard InChI is InChI=1S/C8H18N2/c1-3-5-10-7-4-6-9(2)8-10/h3-8H2,1-2H3. The smallest absolute Gasteiger partial charge is 0.0503 e. The lowest BCUT2D eigenvalue weighted by atomic mass is 10.3. The summed E-state index contributed by atoms with van der Waals surface area (Å²) >= 11 is 0. The van der Waals surface area contributed by atoms with E-state index in [9.17, 15) is 0 Å². The zero-order valence-electron chi connectivity index (χ0n) is 7.14. The van der Waals surface area contributed by atoms with Crippen molar-refractivity contribution in [2.75, 3.05) is 33.4 Å². The van der Waals surface area contributed by atoms with Crippen LogP contribution in [0.15, 0.2) is 0 Å². The van der Waals surface area contributed by atoms with E-state index in [0.717, 1.165) is 0 Å². The van der Waals surface area contributed by atoms with E-state index in [2.05, 4.69) is 23.8 Å². The molecular weight excluding hydrogens is 124 g/mol. The zero-order valence-corrected chi connectivity index (χ0v) is 7.14. The maximum atomic E-state index is 2.52. The molecule has 0 bridgehead atoms. The predicted octanol–water partition coefficient (Wildman–Crippen LogP) is 0.991. The first kappa shape index (κ1) is 8.02. The summed E-state index contributed by atoms with van der Waals surface area (Å²) in [6, 6.07) is 0. The van der Waals surface area contributed by atoms with Crippen molar-refractivity contribution < 1.29 is 0 Å². The van der Waals surface area contributed by atoms with Crippen molar-refractivity contribution in [2.45, 2.75) is 19.8 Å². The van der Waals surface area contributed by atoms with Crippen LogP contribution in [0.1, 0.15) is 19.8 Å². The van der Waals surface area contributed by atoms with Gasteiger partial charge in [0.15, 0.2) is 0 Å². The van der Waals surface area contributed by atoms with Crippen molar-refractivity contribution in [2.24, 2.45) is 0 Å². The van der Waals surface area contributed by atoms with Crippen LogP contribution in [0, 0.1) is 0 Å². The summed E-state index contributed by atoms with van der Waals surface area (Å²) in [4.78, 5) is 4.91. The van der Waals surface area contributed by atoms with Crippen LogP contribution >= 0.6 is 0 Å². The third-order valence-electron chi connectivity index (χ3n) is 2.00. The number of hydrogen-bond donors (Lipinski definition) is 0. The van der Waals surface area contributed by atoms with E-state index in [-0.39, 0.29) is 0 Å². The van der Waals surface area contributed by atoms with Crippen molar-refractivity contribution in [3.63, 3.8) is 0 Å². The molecule has 0 aliphatic carbocycles. The quantitative estimate of drug-likeness (QED) is 0.567. The number of rotatable bonds is 2. The third kappa shape index (κ3) is 2.27. The summed E-state index contributed by atoms with van der Waals surface area (Å²) in [6.07, 6.45) is 2.63. The molecule has 0 unspecified atom stereocenters. The highest BCUT2D eigenvalue weighted by molar-refractivity contribution is 4.64. The van der Waals surface area contributed by atoms with Crippen molar-refractivity contribution in [1.82, 2.24) is 9.80 Å². The van der Waals surface area contributed by atoms with Crippen LogP contribution in [0.3, 0.4) is 0 Å². The minimum atomic E-state index is 1.17. The molecule has 0 aromatic rings. The number of hydrogen-bond acceptors (Lipinski definition) is 2. The lowest BCUT2D eigenvalue weighted by molar-refractivity contribution is 0.108. The third-order valence-corrected chi connectivity index (χ3v) is 2.00. The first-order valence-electron chi connectivity index (χ1n) is 4.24. The maximum absolute atomic E-state index is 2.52. The van der Waals surface area contributed by atoms with Gasteiger partial charge in [-0.2, -0.15) is 0 Å². The Hall–Kier alpha value is -0.0800. The van der Waals surface area contributed by atoms with E-state index < -0.39 is 0 Å². The Morgan fingerprint density at radius 1 is 1.30 bits per heavy atom. The lowest BCUT2D eigenvalue weighted by Crippen LogP contribution is -2.42. The molecule has 0 spiro atoms. The van der Waals surface area contributed by atoms with Gasteiger partial charge in [-0.1, -0.05) is 6.92 Å². The van der Waals surface area contributed by atoms with Gasteiger partial charge in [-0.3, -0.25) is 9.80 Å². The van der Waals surface area contributed by atoms with Crippen molar-refractivity contribution >= 4 is 0 Å². The first-order chi connectivity index (χ1) is 4.83. The van der Waals surface area contributed by atoms with Gasteiger partial charge in [0.2, 0.25) is 0 Å². The van der Waals surface area contributed by atoms with Gasteiger partial charge in [0.05, 0.1) is 6.67 Å². The fraction of sp³-hybridized carbons (Fsp3) is 1.00. The monoisotopic (exact) mass is 142 g/mol. The molecular formula is C8H18N2. The van der Waals surface area contributed by atoms with E-state index in [0.29, 0.717) is 0 Å². The Kier molecular flexibility index (Phi) is 3.16. The van der Waals surface area contributed by atoms with Gasteiger partial charge in [0.1, 0.15) is 0 Å². The number of nitrogens with zero attached hydrogens (tertiary/aromatic N) is 2. The molecule has 1 heterocycles. The minimum Gasteiger partial charge on any atom is -0.293 e. The SMILES string of the molecule is CCCN1CCCN(C)C1. The zero-order chi connectivity index (χ0) is 7.40. The Morgan fingerprint density at radius 3 is 2.70 bits per heavy atom. The molecule has 10 heavy (non-hydrogen) atoms. The summed E-state index contributed by atoms with van der Waals surface area (Å²) in [6.45, 7) is 7.27. The van der Waals surface area contributed by atoms with E-state index in [1.165, 1.54) is 39.1 Å². The average molecular weight is 142 g/mol. The van der Waals surface area contributed by atoms with E-state index in [4.69, 9.17) is 0 Å². The van der Waals surface area contributed by atoms with Crippen LogP contribution in [-0.2, 0) is 0 Å². The van der Waals surface area contributed by atoms with E-state index in [1.807, 2.05) is 0 Å². The molecule has 0 amide bonds. The molecule has 1 aliphatic heterocycles. The molecule has 0 saturated carbocycles. The van der Waals surface area contributed by atoms with Gasteiger partial charge >= 0.3 is 0 Å². The largest absolute Gasteiger partial charge is 0.293 e. The molecule has 1 rings (SSSR count). The molecule has 60 valence electrons. The fourth-order valence-electron chi connectivity index (χ4n) is 1.55. The molecule has 2 nitrogen and oxygen atoms in total. The van der Waals surface area contributed by atoms with Gasteiger partial charge in [-0.15, -0.1) is 0 Å². The summed E-state index contributed by atoms with van der Waals surface area (Å²) in [5.41, 5.74) is 0. The maximum Gasteiger partial charge on any atom is 0.0503 e. The van der Waals surface area contributed by atoms with Crippen LogP contribution in [0.25, 0.3) is 0 Å². The van der Waals surface area contributed by atoms with Gasteiger partial charge in [-0.25, -0.2) is 0 Å². The molecule has 0 N–H and O–H groups in total. The molecule has 1 aliphatic rings. The lowest BCUT2D eigenvalue weighted by Gasteiger charge is -2.32. The Bertz CT molecular complexity index is 91.3. The van der Waals surface area contributed by atoms with Gasteiger partial charge < -0.3 is 0 Å². The normalized spacial score (nSPS) is 23.4. The van der Waals surface area contributed by atoms with Gasteiger partial charge in [0, 0.05) is 13.1 Å². The molecule has 1 saturated heterocycles. The van der Waals surface area contributed by atoms with Crippen LogP contribution in [0.2, 0.25) is 0 Å². The van der Waals surface area contributed by atoms with Crippen molar-refractivity contribution in [1.29, 1.82) is 0 Å². The van der Waals surface area contributed by atoms with E-state index >= 15 is 0 Å². The Morgan fingerprint density at radius 2 is 2.10 bits per heavy atom. The van der Waals surface area contributed by atoms with Crippen LogP contribution in [-0.4, -0.2) is 43.2 Å². The second-order valence-corrected chi connectivity index (χ2v) is 3.19. The van der Waals surface area contributed by atoms with Crippen LogP contribution in [0.5, 0.6) is 0 Å². The predicted molar refractivity (Wildman–Crippen MR) is 44.0 cm³/mol. The minimum absolute atomic E-state index is 1.17. The van der Waals surface area contributed by atoms with Gasteiger partial charge in [0.25, 0.3) is 0 Å². The Balaban J connectivity index is 2.18. The highest BCUT2D eigenvalue weighted by Gasteiger charge is 2.11. The van der Waals surface area contributed by atoms with E-state index in [1.54, 1.807) is 0 Å². The first-order valence-corrected chi connectivity index (χ1v) is 4.24. The fourth-order valence-corrected chi connectivity index (χ4v) is 1.55. The topological polar surface area (TPSA) is 6.48 Å². The summed E-state index contributed by atoms with van der Waals surface area (Å²) in [5.74, 6) is 0. The molecule has 0 aromatic heterocycles. The molecule has 1 fully saturated rings. The van der Waals surface area contributed by atoms with Crippen LogP contribution in [0.4, 0.5) is 0 Å². The van der Waals surface area contributed by atoms with Crippen molar-refractivity contribution in [3.8, 4) is 0 Å². The second-order valence-electron chi connectivity index (χ2n) is 3.19. The Labute approximate surface area is 63.8 Å². The highest BCUT2D eigenvalue weighted by atomic mass is 15.3. The summed E-state index contributed by atoms with van der Waals surface area (Å²) < 4.78 is 0. The van der Waals surface area contributed by atoms with Crippen LogP contribution < -0.4 is 0 Å². The molecule has 2 heteroatoms. The highest BCUT2D eigenvalue weighted by Crippen LogP contribution is 2.03. The average Bonchev–Trinajstić information content (AvgIpc) is 1.88. The summed E-state index contributed by atoms with van der Waals surface area (Å²) in [5, 5.41) is 0. The second kappa shape index (κ2) is 3.94. The molecule has 0 aromatic carbocycles. The molecule has 0 atom stereocenters. The summed E-state index contributed by atoms with van der Waals surface area (Å²) in [7, 11) is 2.20. The van der Waals surface area contributed by atoms with Crippen molar-refractivity contribution in [3.05, 3.63) is 0 Å².